The fourth-order valence-corrected chi connectivity index (χ4v) is 1.74. The molecule has 0 aromatic heterocycles. The molecule has 0 radical (unpaired) electrons. The molecule has 0 unspecified atom stereocenters. The predicted octanol–water partition coefficient (Wildman–Crippen LogP) is 1.24. The molecule has 142 valence electrons. The van der Waals surface area contributed by atoms with Crippen molar-refractivity contribution in [2.45, 2.75) is 54.0 Å². The Morgan fingerprint density at radius 1 is 0.917 bits per heavy atom. The third-order valence-electron chi connectivity index (χ3n) is 2.89. The van der Waals surface area contributed by atoms with Gasteiger partial charge in [-0.1, -0.05) is 0 Å². The number of nitrogens with one attached hydrogen (secondary N) is 4. The van der Waals surface area contributed by atoms with Gasteiger partial charge in [-0.15, -0.1) is 24.0 Å². The summed E-state index contributed by atoms with van der Waals surface area (Å²) in [6.45, 7) is 15.1. The molecular formula is C16H34IN5O2. The Bertz CT molecular complexity index is 431. The lowest BCUT2D eigenvalue weighted by Crippen LogP contribution is -2.48. The fraction of sp³-hybridized carbons (Fsp3) is 0.812. The minimum absolute atomic E-state index is 0. The molecule has 2 amide bonds. The van der Waals surface area contributed by atoms with Crippen LogP contribution in [0.4, 0.5) is 0 Å². The van der Waals surface area contributed by atoms with Gasteiger partial charge in [0.15, 0.2) is 5.96 Å². The molecule has 0 saturated heterocycles. The maximum Gasteiger partial charge on any atom is 0.242 e. The lowest BCUT2D eigenvalue weighted by Gasteiger charge is -2.25. The molecule has 0 aromatic carbocycles. The Morgan fingerprint density at radius 3 is 1.92 bits per heavy atom. The lowest BCUT2D eigenvalue weighted by molar-refractivity contribution is -0.129. The second kappa shape index (κ2) is 11.5. The first-order chi connectivity index (χ1) is 10.5. The van der Waals surface area contributed by atoms with E-state index in [1.165, 1.54) is 0 Å². The van der Waals surface area contributed by atoms with Gasteiger partial charge in [0.25, 0.3) is 0 Å². The van der Waals surface area contributed by atoms with Crippen LogP contribution < -0.4 is 21.3 Å². The molecule has 0 heterocycles. The average molecular weight is 455 g/mol. The number of amides is 2. The molecule has 7 nitrogen and oxygen atoms in total. The van der Waals surface area contributed by atoms with E-state index < -0.39 is 5.41 Å². The molecule has 0 spiro atoms. The van der Waals surface area contributed by atoms with Crippen molar-refractivity contribution in [1.82, 2.24) is 21.3 Å². The van der Waals surface area contributed by atoms with Gasteiger partial charge in [-0.25, -0.2) is 4.99 Å². The molecule has 0 saturated carbocycles. The molecule has 4 N–H and O–H groups in total. The predicted molar refractivity (Wildman–Crippen MR) is 110 cm³/mol. The smallest absolute Gasteiger partial charge is 0.242 e. The zero-order valence-electron chi connectivity index (χ0n) is 16.0. The van der Waals surface area contributed by atoms with E-state index in [2.05, 4.69) is 26.3 Å². The fourth-order valence-electron chi connectivity index (χ4n) is 1.74. The molecular weight excluding hydrogens is 421 g/mol. The molecule has 0 fully saturated rings. The van der Waals surface area contributed by atoms with Gasteiger partial charge < -0.3 is 21.3 Å². The Balaban J connectivity index is 0. The van der Waals surface area contributed by atoms with Crippen molar-refractivity contribution in [1.29, 1.82) is 0 Å². The minimum Gasteiger partial charge on any atom is -0.357 e. The van der Waals surface area contributed by atoms with Gasteiger partial charge in [0.2, 0.25) is 11.8 Å². The van der Waals surface area contributed by atoms with Crippen LogP contribution >= 0.6 is 24.0 Å². The number of hydrogen-bond acceptors (Lipinski definition) is 3. The number of carbonyl (C=O) groups excluding carboxylic acids is 2. The normalized spacial score (nSPS) is 12.0. The average Bonchev–Trinajstić information content (AvgIpc) is 2.40. The highest BCUT2D eigenvalue weighted by Gasteiger charge is 2.27. The van der Waals surface area contributed by atoms with E-state index in [1.807, 2.05) is 48.5 Å². The minimum atomic E-state index is -0.570. The van der Waals surface area contributed by atoms with Gasteiger partial charge in [-0.3, -0.25) is 9.59 Å². The van der Waals surface area contributed by atoms with E-state index in [1.54, 1.807) is 0 Å². The highest BCUT2D eigenvalue weighted by Crippen LogP contribution is 2.13. The van der Waals surface area contributed by atoms with Crippen molar-refractivity contribution in [2.75, 3.05) is 26.2 Å². The number of nitrogens with zero attached hydrogens (tertiary/aromatic N) is 1. The maximum absolute atomic E-state index is 12.0. The van der Waals surface area contributed by atoms with E-state index in [4.69, 9.17) is 0 Å². The van der Waals surface area contributed by atoms with Gasteiger partial charge in [-0.2, -0.15) is 0 Å². The van der Waals surface area contributed by atoms with Crippen LogP contribution in [0.2, 0.25) is 0 Å². The third kappa shape index (κ3) is 11.5. The van der Waals surface area contributed by atoms with E-state index in [9.17, 15) is 9.59 Å². The maximum atomic E-state index is 12.0. The molecule has 8 heteroatoms. The highest BCUT2D eigenvalue weighted by molar-refractivity contribution is 14.0. The van der Waals surface area contributed by atoms with Crippen molar-refractivity contribution in [3.05, 3.63) is 0 Å². The number of carbonyl (C=O) groups is 2. The van der Waals surface area contributed by atoms with Crippen LogP contribution in [0.15, 0.2) is 4.99 Å². The Hall–Kier alpha value is -1.06. The molecule has 0 bridgehead atoms. The van der Waals surface area contributed by atoms with E-state index in [0.717, 1.165) is 0 Å². The second-order valence-corrected chi connectivity index (χ2v) is 7.09. The standard InChI is InChI=1S/C16H33N5O2.HI/c1-8-17-13(23)16(6,7)11-20-14(18-9-2)19-10-12(22)21-15(3,4)5;/h8-11H2,1-7H3,(H,17,23)(H,21,22)(H2,18,19,20);1H. The van der Waals surface area contributed by atoms with E-state index in [-0.39, 0.29) is 47.9 Å². The number of hydrogen-bond donors (Lipinski definition) is 4. The zero-order valence-corrected chi connectivity index (χ0v) is 18.3. The van der Waals surface area contributed by atoms with E-state index in [0.29, 0.717) is 25.6 Å². The summed E-state index contributed by atoms with van der Waals surface area (Å²) in [5.74, 6) is 0.362. The zero-order chi connectivity index (χ0) is 18.1. The van der Waals surface area contributed by atoms with Crippen LogP contribution in [-0.4, -0.2) is 49.5 Å². The van der Waals surface area contributed by atoms with E-state index >= 15 is 0 Å². The summed E-state index contributed by atoms with van der Waals surface area (Å²) in [6.07, 6.45) is 0. The van der Waals surface area contributed by atoms with Crippen molar-refractivity contribution >= 4 is 41.8 Å². The van der Waals surface area contributed by atoms with Crippen LogP contribution in [0.25, 0.3) is 0 Å². The molecule has 24 heavy (non-hydrogen) atoms. The largest absolute Gasteiger partial charge is 0.357 e. The summed E-state index contributed by atoms with van der Waals surface area (Å²) >= 11 is 0. The number of aliphatic imine (C=N–C) groups is 1. The molecule has 0 aliphatic heterocycles. The SMILES string of the molecule is CCNC(=O)C(C)(C)CNC(=NCC(=O)NC(C)(C)C)NCC.I. The number of guanidine groups is 1. The Morgan fingerprint density at radius 2 is 1.46 bits per heavy atom. The summed E-state index contributed by atoms with van der Waals surface area (Å²) in [7, 11) is 0. The third-order valence-corrected chi connectivity index (χ3v) is 2.89. The topological polar surface area (TPSA) is 94.6 Å². The molecule has 0 rings (SSSR count). The summed E-state index contributed by atoms with van der Waals surface area (Å²) in [5.41, 5.74) is -0.849. The quantitative estimate of drug-likeness (QED) is 0.264. The molecule has 0 aromatic rings. The van der Waals surface area contributed by atoms with Crippen molar-refractivity contribution < 1.29 is 9.59 Å². The summed E-state index contributed by atoms with van der Waals surface area (Å²) < 4.78 is 0. The van der Waals surface area contributed by atoms with Gasteiger partial charge in [0, 0.05) is 25.2 Å². The Labute approximate surface area is 163 Å². The summed E-state index contributed by atoms with van der Waals surface area (Å²) in [5, 5.41) is 11.9. The highest BCUT2D eigenvalue weighted by atomic mass is 127. The molecule has 0 aliphatic rings. The first kappa shape index (κ1) is 25.2. The summed E-state index contributed by atoms with van der Waals surface area (Å²) in [6, 6.07) is 0. The number of halogens is 1. The monoisotopic (exact) mass is 455 g/mol. The van der Waals surface area contributed by atoms with Gasteiger partial charge in [-0.05, 0) is 48.5 Å². The van der Waals surface area contributed by atoms with Crippen molar-refractivity contribution in [3.63, 3.8) is 0 Å². The second-order valence-electron chi connectivity index (χ2n) is 7.09. The van der Waals surface area contributed by atoms with Crippen LogP contribution in [0, 0.1) is 5.41 Å². The molecule has 0 atom stereocenters. The van der Waals surface area contributed by atoms with Gasteiger partial charge in [0.1, 0.15) is 6.54 Å². The van der Waals surface area contributed by atoms with Crippen molar-refractivity contribution in [2.24, 2.45) is 10.4 Å². The number of rotatable bonds is 7. The first-order valence-corrected chi connectivity index (χ1v) is 8.13. The van der Waals surface area contributed by atoms with Gasteiger partial charge >= 0.3 is 0 Å². The van der Waals surface area contributed by atoms with Gasteiger partial charge in [0.05, 0.1) is 5.41 Å². The lowest BCUT2D eigenvalue weighted by atomic mass is 9.92. The Kier molecular flexibility index (Phi) is 12.1. The van der Waals surface area contributed by atoms with Crippen LogP contribution in [0.1, 0.15) is 48.5 Å². The van der Waals surface area contributed by atoms with Crippen LogP contribution in [-0.2, 0) is 9.59 Å². The first-order valence-electron chi connectivity index (χ1n) is 8.13. The van der Waals surface area contributed by atoms with Crippen LogP contribution in [0.5, 0.6) is 0 Å². The molecule has 0 aliphatic carbocycles. The van der Waals surface area contributed by atoms with Crippen molar-refractivity contribution in [3.8, 4) is 0 Å². The van der Waals surface area contributed by atoms with Crippen LogP contribution in [0.3, 0.4) is 0 Å². The summed E-state index contributed by atoms with van der Waals surface area (Å²) in [4.78, 5) is 28.1.